The molecule has 3 N–H and O–H groups in total. The largest absolute Gasteiger partial charge is 0.368 e. The zero-order valence-electron chi connectivity index (χ0n) is 14.7. The summed E-state index contributed by atoms with van der Waals surface area (Å²) in [6.45, 7) is 12.6. The Morgan fingerprint density at radius 3 is 2.19 bits per heavy atom. The second kappa shape index (κ2) is 7.59. The summed E-state index contributed by atoms with van der Waals surface area (Å²) in [7, 11) is 1.81. The molecule has 21 heavy (non-hydrogen) atoms. The molecule has 4 heteroatoms. The number of nitrogens with two attached hydrogens (primary N) is 1. The van der Waals surface area contributed by atoms with Gasteiger partial charge in [-0.25, -0.2) is 0 Å². The van der Waals surface area contributed by atoms with Gasteiger partial charge in [0.2, 0.25) is 5.91 Å². The molecule has 1 fully saturated rings. The van der Waals surface area contributed by atoms with Crippen LogP contribution in [0, 0.1) is 11.3 Å². The Hall–Kier alpha value is -0.610. The van der Waals surface area contributed by atoms with E-state index in [1.807, 2.05) is 14.0 Å². The van der Waals surface area contributed by atoms with E-state index in [4.69, 9.17) is 5.73 Å². The van der Waals surface area contributed by atoms with E-state index in [-0.39, 0.29) is 5.91 Å². The maximum atomic E-state index is 11.4. The van der Waals surface area contributed by atoms with E-state index >= 15 is 0 Å². The number of hydrogen-bond acceptors (Lipinski definition) is 3. The standard InChI is InChI=1S/C17H35N3O/c1-16(2,3)14-8-12-20(13-9-14)11-7-6-10-17(4,19-5)15(18)21/h14,19H,6-13H2,1-5H3,(H2,18,21). The van der Waals surface area contributed by atoms with E-state index in [2.05, 4.69) is 31.0 Å². The molecule has 1 saturated heterocycles. The van der Waals surface area contributed by atoms with Gasteiger partial charge < -0.3 is 16.0 Å². The fourth-order valence-corrected chi connectivity index (χ4v) is 3.21. The van der Waals surface area contributed by atoms with Gasteiger partial charge in [0.1, 0.15) is 0 Å². The van der Waals surface area contributed by atoms with Crippen LogP contribution in [0.4, 0.5) is 0 Å². The SMILES string of the molecule is CNC(C)(CCCCN1CCC(C(C)(C)C)CC1)C(N)=O. The lowest BCUT2D eigenvalue weighted by Crippen LogP contribution is -2.51. The van der Waals surface area contributed by atoms with Crippen LogP contribution in [-0.2, 0) is 4.79 Å². The highest BCUT2D eigenvalue weighted by atomic mass is 16.1. The first-order valence-electron chi connectivity index (χ1n) is 8.40. The number of rotatable bonds is 7. The van der Waals surface area contributed by atoms with Crippen molar-refractivity contribution in [3.8, 4) is 0 Å². The van der Waals surface area contributed by atoms with Gasteiger partial charge in [-0.3, -0.25) is 4.79 Å². The van der Waals surface area contributed by atoms with Crippen LogP contribution < -0.4 is 11.1 Å². The number of primary amides is 1. The first-order valence-corrected chi connectivity index (χ1v) is 8.40. The lowest BCUT2D eigenvalue weighted by Gasteiger charge is -2.38. The van der Waals surface area contributed by atoms with E-state index in [1.165, 1.54) is 25.9 Å². The number of likely N-dealkylation sites (N-methyl/N-ethyl adjacent to an activating group) is 1. The van der Waals surface area contributed by atoms with Gasteiger partial charge in [0.25, 0.3) is 0 Å². The molecule has 1 amide bonds. The van der Waals surface area contributed by atoms with Crippen molar-refractivity contribution < 1.29 is 4.79 Å². The third-order valence-corrected chi connectivity index (χ3v) is 5.31. The molecule has 0 aromatic heterocycles. The number of nitrogens with one attached hydrogen (secondary N) is 1. The smallest absolute Gasteiger partial charge is 0.237 e. The van der Waals surface area contributed by atoms with Crippen molar-refractivity contribution in [3.05, 3.63) is 0 Å². The lowest BCUT2D eigenvalue weighted by atomic mass is 9.75. The van der Waals surface area contributed by atoms with Crippen molar-refractivity contribution in [1.82, 2.24) is 10.2 Å². The summed E-state index contributed by atoms with van der Waals surface area (Å²) >= 11 is 0. The van der Waals surface area contributed by atoms with Gasteiger partial charge >= 0.3 is 0 Å². The van der Waals surface area contributed by atoms with Crippen molar-refractivity contribution in [1.29, 1.82) is 0 Å². The fraction of sp³-hybridized carbons (Fsp3) is 0.941. The summed E-state index contributed by atoms with van der Waals surface area (Å²) in [4.78, 5) is 14.0. The molecule has 1 aliphatic rings. The number of hydrogen-bond donors (Lipinski definition) is 2. The molecular weight excluding hydrogens is 262 g/mol. The van der Waals surface area contributed by atoms with E-state index in [0.717, 1.165) is 31.7 Å². The second-order valence-corrected chi connectivity index (χ2v) is 7.89. The van der Waals surface area contributed by atoms with Gasteiger partial charge in [-0.1, -0.05) is 20.8 Å². The van der Waals surface area contributed by atoms with Gasteiger partial charge in [-0.2, -0.15) is 0 Å². The summed E-state index contributed by atoms with van der Waals surface area (Å²) in [6.07, 6.45) is 5.64. The highest BCUT2D eigenvalue weighted by Crippen LogP contribution is 2.34. The molecule has 0 aromatic rings. The van der Waals surface area contributed by atoms with Crippen molar-refractivity contribution in [3.63, 3.8) is 0 Å². The molecule has 0 aromatic carbocycles. The molecule has 0 aliphatic carbocycles. The van der Waals surface area contributed by atoms with Gasteiger partial charge in [0.15, 0.2) is 0 Å². The highest BCUT2D eigenvalue weighted by Gasteiger charge is 2.29. The van der Waals surface area contributed by atoms with Gasteiger partial charge in [-0.15, -0.1) is 0 Å². The van der Waals surface area contributed by atoms with E-state index in [9.17, 15) is 4.79 Å². The van der Waals surface area contributed by atoms with Crippen LogP contribution in [0.3, 0.4) is 0 Å². The predicted octanol–water partition coefficient (Wildman–Crippen LogP) is 2.38. The van der Waals surface area contributed by atoms with E-state index in [1.54, 1.807) is 0 Å². The number of piperidine rings is 1. The van der Waals surface area contributed by atoms with Crippen molar-refractivity contribution in [2.45, 2.75) is 65.3 Å². The third-order valence-electron chi connectivity index (χ3n) is 5.31. The number of carbonyl (C=O) groups excluding carboxylic acids is 1. The monoisotopic (exact) mass is 297 g/mol. The third kappa shape index (κ3) is 5.59. The van der Waals surface area contributed by atoms with E-state index in [0.29, 0.717) is 5.41 Å². The molecule has 1 heterocycles. The maximum absolute atomic E-state index is 11.4. The summed E-state index contributed by atoms with van der Waals surface area (Å²) in [5, 5.41) is 3.05. The summed E-state index contributed by atoms with van der Waals surface area (Å²) in [5.41, 5.74) is 5.34. The Morgan fingerprint density at radius 1 is 1.19 bits per heavy atom. The van der Waals surface area contributed by atoms with Crippen LogP contribution in [-0.4, -0.2) is 43.0 Å². The number of nitrogens with zero attached hydrogens (tertiary/aromatic N) is 1. The molecule has 124 valence electrons. The number of carbonyl (C=O) groups is 1. The van der Waals surface area contributed by atoms with E-state index < -0.39 is 5.54 Å². The molecule has 4 nitrogen and oxygen atoms in total. The predicted molar refractivity (Wildman–Crippen MR) is 89.1 cm³/mol. The Labute approximate surface area is 130 Å². The average molecular weight is 297 g/mol. The Bertz CT molecular complexity index is 329. The van der Waals surface area contributed by atoms with Gasteiger partial charge in [0, 0.05) is 0 Å². The Balaban J connectivity index is 2.22. The van der Waals surface area contributed by atoms with Crippen LogP contribution in [0.2, 0.25) is 0 Å². The van der Waals surface area contributed by atoms with Crippen LogP contribution >= 0.6 is 0 Å². The second-order valence-electron chi connectivity index (χ2n) is 7.89. The van der Waals surface area contributed by atoms with Crippen molar-refractivity contribution in [2.24, 2.45) is 17.1 Å². The molecular formula is C17H35N3O. The van der Waals surface area contributed by atoms with Crippen LogP contribution in [0.15, 0.2) is 0 Å². The number of unbranched alkanes of at least 4 members (excludes halogenated alkanes) is 1. The fourth-order valence-electron chi connectivity index (χ4n) is 3.21. The van der Waals surface area contributed by atoms with Crippen LogP contribution in [0.5, 0.6) is 0 Å². The quantitative estimate of drug-likeness (QED) is 0.709. The zero-order valence-corrected chi connectivity index (χ0v) is 14.7. The number of likely N-dealkylation sites (tertiary alicyclic amines) is 1. The highest BCUT2D eigenvalue weighted by molar-refractivity contribution is 5.84. The molecule has 1 aliphatic heterocycles. The molecule has 0 radical (unpaired) electrons. The van der Waals surface area contributed by atoms with Crippen LogP contribution in [0.1, 0.15) is 59.8 Å². The number of amides is 1. The maximum Gasteiger partial charge on any atom is 0.237 e. The first-order chi connectivity index (χ1) is 9.69. The Morgan fingerprint density at radius 2 is 1.76 bits per heavy atom. The summed E-state index contributed by atoms with van der Waals surface area (Å²) < 4.78 is 0. The minimum Gasteiger partial charge on any atom is -0.368 e. The van der Waals surface area contributed by atoms with Crippen molar-refractivity contribution in [2.75, 3.05) is 26.7 Å². The molecule has 0 bridgehead atoms. The first kappa shape index (κ1) is 18.4. The minimum atomic E-state index is -0.556. The van der Waals surface area contributed by atoms with Crippen LogP contribution in [0.25, 0.3) is 0 Å². The van der Waals surface area contributed by atoms with Gasteiger partial charge in [-0.05, 0) is 77.0 Å². The topological polar surface area (TPSA) is 58.4 Å². The summed E-state index contributed by atoms with van der Waals surface area (Å²) in [5.74, 6) is 0.604. The molecule has 0 saturated carbocycles. The summed E-state index contributed by atoms with van der Waals surface area (Å²) in [6, 6.07) is 0. The molecule has 1 rings (SSSR count). The van der Waals surface area contributed by atoms with Gasteiger partial charge in [0.05, 0.1) is 5.54 Å². The molecule has 1 unspecified atom stereocenters. The van der Waals surface area contributed by atoms with Crippen molar-refractivity contribution >= 4 is 5.91 Å². The zero-order chi connectivity index (χ0) is 16.1. The Kier molecular flexibility index (Phi) is 6.67. The molecule has 1 atom stereocenters. The molecule has 0 spiro atoms. The average Bonchev–Trinajstić information content (AvgIpc) is 2.42. The normalized spacial score (nSPS) is 21.2. The lowest BCUT2D eigenvalue weighted by molar-refractivity contribution is -0.123. The minimum absolute atomic E-state index is 0.254.